The number of fused-ring (bicyclic) bond motifs is 1. The molecule has 1 saturated heterocycles. The van der Waals surface area contributed by atoms with Crippen molar-refractivity contribution in [3.8, 4) is 5.75 Å². The number of halogens is 2. The molecule has 4 aromatic rings. The van der Waals surface area contributed by atoms with Crippen molar-refractivity contribution >= 4 is 40.7 Å². The molecule has 4 heterocycles. The molecule has 2 aliphatic heterocycles. The molecular weight excluding hydrogens is 530 g/mol. The third-order valence-corrected chi connectivity index (χ3v) is 6.96. The van der Waals surface area contributed by atoms with Gasteiger partial charge < -0.3 is 25.2 Å². The van der Waals surface area contributed by atoms with Crippen LogP contribution in [-0.4, -0.2) is 65.6 Å². The Kier molecular flexibility index (Phi) is 7.30. The molecule has 2 aromatic heterocycles. The van der Waals surface area contributed by atoms with Crippen LogP contribution in [0.3, 0.4) is 0 Å². The first-order valence-corrected chi connectivity index (χ1v) is 13.2. The largest absolute Gasteiger partial charge is 0.480 e. The summed E-state index contributed by atoms with van der Waals surface area (Å²) in [4.78, 5) is 31.7. The second kappa shape index (κ2) is 11.3. The standard InChI is InChI=1S/C29H28F2N8O2/c1-37-11-13-38(14-12-37)22-4-2-3-21(15-22)33-29-32-16-23(31)27(36-29)34-25-10-9-24-28(35-25)39(26(40)18-41-24)17-19-5-7-20(30)8-6-19/h2-10,15-16H,11-14,17-18H2,1H3,(H2,32,33,34,35,36). The lowest BCUT2D eigenvalue weighted by atomic mass is 10.2. The van der Waals surface area contributed by atoms with E-state index in [2.05, 4.69) is 48.5 Å². The molecule has 0 bridgehead atoms. The highest BCUT2D eigenvalue weighted by Crippen LogP contribution is 2.33. The van der Waals surface area contributed by atoms with E-state index in [0.29, 0.717) is 5.75 Å². The summed E-state index contributed by atoms with van der Waals surface area (Å²) in [5, 5.41) is 6.04. The average Bonchev–Trinajstić information content (AvgIpc) is 2.98. The number of aromatic nitrogens is 3. The lowest BCUT2D eigenvalue weighted by Crippen LogP contribution is -2.44. The summed E-state index contributed by atoms with van der Waals surface area (Å²) in [5.74, 6) is -0.284. The van der Waals surface area contributed by atoms with Crippen molar-refractivity contribution in [3.63, 3.8) is 0 Å². The van der Waals surface area contributed by atoms with Crippen LogP contribution in [0.4, 0.5) is 43.6 Å². The fourth-order valence-corrected chi connectivity index (χ4v) is 4.69. The van der Waals surface area contributed by atoms with Crippen molar-refractivity contribution < 1.29 is 18.3 Å². The summed E-state index contributed by atoms with van der Waals surface area (Å²) in [6.45, 7) is 3.90. The number of nitrogens with one attached hydrogen (secondary N) is 2. The van der Waals surface area contributed by atoms with Gasteiger partial charge >= 0.3 is 0 Å². The number of ether oxygens (including phenoxy) is 1. The predicted molar refractivity (Wildman–Crippen MR) is 152 cm³/mol. The van der Waals surface area contributed by atoms with Crippen LogP contribution in [0, 0.1) is 11.6 Å². The second-order valence-electron chi connectivity index (χ2n) is 9.89. The molecule has 0 unspecified atom stereocenters. The molecule has 210 valence electrons. The zero-order valence-corrected chi connectivity index (χ0v) is 22.3. The Morgan fingerprint density at radius 3 is 2.56 bits per heavy atom. The molecule has 0 radical (unpaired) electrons. The quantitative estimate of drug-likeness (QED) is 0.344. The minimum absolute atomic E-state index is 0.0849. The SMILES string of the molecule is CN1CCN(c2cccc(Nc3ncc(F)c(Nc4ccc5c(n4)N(Cc4ccc(F)cc4)C(=O)CO5)n3)c2)CC1. The van der Waals surface area contributed by atoms with Crippen molar-refractivity contribution in [1.82, 2.24) is 19.9 Å². The first-order valence-electron chi connectivity index (χ1n) is 13.2. The molecule has 0 spiro atoms. The fourth-order valence-electron chi connectivity index (χ4n) is 4.69. The number of piperazine rings is 1. The smallest absolute Gasteiger partial charge is 0.266 e. The van der Waals surface area contributed by atoms with E-state index in [1.54, 1.807) is 24.3 Å². The Bertz CT molecular complexity index is 1560. The molecule has 1 amide bonds. The summed E-state index contributed by atoms with van der Waals surface area (Å²) in [6.07, 6.45) is 1.08. The van der Waals surface area contributed by atoms with Gasteiger partial charge in [0.2, 0.25) is 5.95 Å². The highest BCUT2D eigenvalue weighted by atomic mass is 19.1. The summed E-state index contributed by atoms with van der Waals surface area (Å²) < 4.78 is 33.7. The van der Waals surface area contributed by atoms with Gasteiger partial charge in [0, 0.05) is 37.6 Å². The van der Waals surface area contributed by atoms with E-state index >= 15 is 0 Å². The number of anilines is 6. The minimum Gasteiger partial charge on any atom is -0.480 e. The fraction of sp³-hybridized carbons (Fsp3) is 0.241. The van der Waals surface area contributed by atoms with Crippen molar-refractivity contribution in [2.75, 3.05) is 60.3 Å². The van der Waals surface area contributed by atoms with Crippen molar-refractivity contribution in [2.24, 2.45) is 0 Å². The number of carbonyl (C=O) groups is 1. The lowest BCUT2D eigenvalue weighted by molar-refractivity contribution is -0.121. The maximum Gasteiger partial charge on any atom is 0.266 e. The summed E-state index contributed by atoms with van der Waals surface area (Å²) in [5.41, 5.74) is 2.59. The van der Waals surface area contributed by atoms with Gasteiger partial charge in [-0.15, -0.1) is 0 Å². The van der Waals surface area contributed by atoms with Crippen LogP contribution in [-0.2, 0) is 11.3 Å². The topological polar surface area (TPSA) is 98.8 Å². The van der Waals surface area contributed by atoms with Gasteiger partial charge in [0.1, 0.15) is 11.6 Å². The first kappa shape index (κ1) is 26.4. The van der Waals surface area contributed by atoms with Crippen LogP contribution in [0.15, 0.2) is 66.9 Å². The van der Waals surface area contributed by atoms with Gasteiger partial charge in [-0.3, -0.25) is 9.69 Å². The van der Waals surface area contributed by atoms with Gasteiger partial charge in [0.05, 0.1) is 12.7 Å². The lowest BCUT2D eigenvalue weighted by Gasteiger charge is -2.34. The number of hydrogen-bond donors (Lipinski definition) is 2. The van der Waals surface area contributed by atoms with E-state index in [9.17, 15) is 13.6 Å². The molecule has 2 aromatic carbocycles. The zero-order valence-electron chi connectivity index (χ0n) is 22.3. The van der Waals surface area contributed by atoms with Gasteiger partial charge in [0.15, 0.2) is 29.8 Å². The Morgan fingerprint density at radius 2 is 1.76 bits per heavy atom. The highest BCUT2D eigenvalue weighted by Gasteiger charge is 2.28. The van der Waals surface area contributed by atoms with Gasteiger partial charge in [-0.25, -0.2) is 18.7 Å². The molecule has 0 aliphatic carbocycles. The number of rotatable bonds is 7. The molecule has 2 N–H and O–H groups in total. The highest BCUT2D eigenvalue weighted by molar-refractivity contribution is 5.96. The van der Waals surface area contributed by atoms with Crippen LogP contribution >= 0.6 is 0 Å². The number of likely N-dealkylation sites (N-methyl/N-ethyl adjacent to an activating group) is 1. The number of hydrogen-bond acceptors (Lipinski definition) is 9. The Morgan fingerprint density at radius 1 is 0.951 bits per heavy atom. The molecule has 2 aliphatic rings. The number of carbonyl (C=O) groups excluding carboxylic acids is 1. The third-order valence-electron chi connectivity index (χ3n) is 6.96. The molecule has 41 heavy (non-hydrogen) atoms. The van der Waals surface area contributed by atoms with Crippen molar-refractivity contribution in [3.05, 3.63) is 84.1 Å². The van der Waals surface area contributed by atoms with Crippen LogP contribution in [0.1, 0.15) is 5.56 Å². The number of pyridine rings is 1. The van der Waals surface area contributed by atoms with Crippen LogP contribution in [0.2, 0.25) is 0 Å². The van der Waals surface area contributed by atoms with E-state index in [1.807, 2.05) is 18.2 Å². The second-order valence-corrected chi connectivity index (χ2v) is 9.89. The average molecular weight is 559 g/mol. The van der Waals surface area contributed by atoms with Gasteiger partial charge in [-0.05, 0) is 55.1 Å². The maximum absolute atomic E-state index is 14.8. The van der Waals surface area contributed by atoms with E-state index in [1.165, 1.54) is 17.0 Å². The van der Waals surface area contributed by atoms with Crippen LogP contribution < -0.4 is 25.2 Å². The molecule has 0 atom stereocenters. The molecule has 6 rings (SSSR count). The van der Waals surface area contributed by atoms with E-state index in [0.717, 1.165) is 49.3 Å². The molecular formula is C29H28F2N8O2. The summed E-state index contributed by atoms with van der Waals surface area (Å²) >= 11 is 0. The molecule has 10 nitrogen and oxygen atoms in total. The monoisotopic (exact) mass is 558 g/mol. The van der Waals surface area contributed by atoms with Gasteiger partial charge in [-0.2, -0.15) is 4.98 Å². The Hall–Kier alpha value is -4.84. The molecule has 12 heteroatoms. The van der Waals surface area contributed by atoms with E-state index < -0.39 is 5.82 Å². The van der Waals surface area contributed by atoms with Crippen molar-refractivity contribution in [1.29, 1.82) is 0 Å². The van der Waals surface area contributed by atoms with E-state index in [-0.39, 0.29) is 48.3 Å². The Labute approximate surface area is 235 Å². The van der Waals surface area contributed by atoms with E-state index in [4.69, 9.17) is 4.74 Å². The van der Waals surface area contributed by atoms with Crippen molar-refractivity contribution in [2.45, 2.75) is 6.54 Å². The normalized spacial score (nSPS) is 15.3. The number of nitrogens with zero attached hydrogens (tertiary/aromatic N) is 6. The maximum atomic E-state index is 14.8. The summed E-state index contributed by atoms with van der Waals surface area (Å²) in [6, 6.07) is 17.1. The molecule has 1 fully saturated rings. The summed E-state index contributed by atoms with van der Waals surface area (Å²) in [7, 11) is 2.11. The van der Waals surface area contributed by atoms with Gasteiger partial charge in [0.25, 0.3) is 5.91 Å². The van der Waals surface area contributed by atoms with Crippen LogP contribution in [0.25, 0.3) is 0 Å². The minimum atomic E-state index is -0.670. The molecule has 0 saturated carbocycles. The Balaban J connectivity index is 1.20. The van der Waals surface area contributed by atoms with Crippen LogP contribution in [0.5, 0.6) is 5.75 Å². The first-order chi connectivity index (χ1) is 19.9. The van der Waals surface area contributed by atoms with Gasteiger partial charge in [-0.1, -0.05) is 18.2 Å². The predicted octanol–water partition coefficient (Wildman–Crippen LogP) is 4.31. The third kappa shape index (κ3) is 6.02. The zero-order chi connectivity index (χ0) is 28.3. The number of benzene rings is 2. The number of amides is 1.